The molecule has 0 bridgehead atoms. The smallest absolute Gasteiger partial charge is 0.291 e. The molecule has 0 atom stereocenters. The van der Waals surface area contributed by atoms with Crippen molar-refractivity contribution in [2.24, 2.45) is 0 Å². The molecule has 3 aromatic rings. The summed E-state index contributed by atoms with van der Waals surface area (Å²) < 4.78 is 16.7. The Kier molecular flexibility index (Phi) is 4.93. The monoisotopic (exact) mass is 339 g/mol. The first kappa shape index (κ1) is 16.9. The lowest BCUT2D eigenvalue weighted by Gasteiger charge is -2.11. The van der Waals surface area contributed by atoms with E-state index in [9.17, 15) is 4.79 Å². The number of hydrogen-bond acceptors (Lipinski definition) is 4. The standard InChI is InChI=1S/C20H21NO4/c1-4-11-24-18-8-6-5-7-16(18)21-20(22)19-13(2)15-12-14(23-3)9-10-17(15)25-19/h5-10,12H,4,11H2,1-3H3,(H,21,22). The van der Waals surface area contributed by atoms with Crippen LogP contribution in [0.4, 0.5) is 5.69 Å². The minimum Gasteiger partial charge on any atom is -0.497 e. The van der Waals surface area contributed by atoms with E-state index < -0.39 is 0 Å². The Hall–Kier alpha value is -2.95. The zero-order chi connectivity index (χ0) is 17.8. The molecule has 0 aliphatic heterocycles. The average Bonchev–Trinajstić information content (AvgIpc) is 2.97. The molecule has 3 rings (SSSR count). The van der Waals surface area contributed by atoms with Gasteiger partial charge in [-0.2, -0.15) is 0 Å². The van der Waals surface area contributed by atoms with E-state index in [1.54, 1.807) is 19.2 Å². The summed E-state index contributed by atoms with van der Waals surface area (Å²) in [5.74, 6) is 1.35. The molecule has 0 radical (unpaired) electrons. The van der Waals surface area contributed by atoms with Gasteiger partial charge in [0.15, 0.2) is 5.76 Å². The van der Waals surface area contributed by atoms with Crippen LogP contribution < -0.4 is 14.8 Å². The highest BCUT2D eigenvalue weighted by molar-refractivity contribution is 6.07. The number of ether oxygens (including phenoxy) is 2. The van der Waals surface area contributed by atoms with Crippen molar-refractivity contribution in [3.05, 3.63) is 53.8 Å². The second-order valence-electron chi connectivity index (χ2n) is 5.72. The van der Waals surface area contributed by atoms with Gasteiger partial charge in [-0.15, -0.1) is 0 Å². The third kappa shape index (κ3) is 3.45. The topological polar surface area (TPSA) is 60.7 Å². The lowest BCUT2D eigenvalue weighted by molar-refractivity contribution is 0.0997. The first-order valence-corrected chi connectivity index (χ1v) is 8.24. The van der Waals surface area contributed by atoms with E-state index in [2.05, 4.69) is 5.32 Å². The van der Waals surface area contributed by atoms with Crippen molar-refractivity contribution in [1.29, 1.82) is 0 Å². The first-order chi connectivity index (χ1) is 12.1. The largest absolute Gasteiger partial charge is 0.497 e. The Labute approximate surface area is 146 Å². The molecule has 25 heavy (non-hydrogen) atoms. The molecule has 5 heteroatoms. The van der Waals surface area contributed by atoms with Crippen LogP contribution in [0.2, 0.25) is 0 Å². The van der Waals surface area contributed by atoms with Gasteiger partial charge < -0.3 is 19.2 Å². The van der Waals surface area contributed by atoms with Crippen molar-refractivity contribution in [2.75, 3.05) is 19.0 Å². The van der Waals surface area contributed by atoms with Crippen molar-refractivity contribution in [2.45, 2.75) is 20.3 Å². The van der Waals surface area contributed by atoms with Gasteiger partial charge in [-0.25, -0.2) is 0 Å². The summed E-state index contributed by atoms with van der Waals surface area (Å²) in [5, 5.41) is 3.74. The number of rotatable bonds is 6. The molecule has 1 heterocycles. The van der Waals surface area contributed by atoms with Crippen molar-refractivity contribution < 1.29 is 18.7 Å². The second-order valence-corrected chi connectivity index (χ2v) is 5.72. The highest BCUT2D eigenvalue weighted by atomic mass is 16.5. The molecule has 2 aromatic carbocycles. The number of aryl methyl sites for hydroxylation is 1. The molecule has 0 aliphatic rings. The van der Waals surface area contributed by atoms with E-state index >= 15 is 0 Å². The van der Waals surface area contributed by atoms with E-state index in [1.807, 2.05) is 44.2 Å². The zero-order valence-electron chi connectivity index (χ0n) is 14.6. The molecular formula is C20H21NO4. The predicted octanol–water partition coefficient (Wildman–Crippen LogP) is 4.79. The van der Waals surface area contributed by atoms with Crippen LogP contribution in [0.3, 0.4) is 0 Å². The third-order valence-electron chi connectivity index (χ3n) is 3.95. The average molecular weight is 339 g/mol. The Morgan fingerprint density at radius 2 is 2.00 bits per heavy atom. The second kappa shape index (κ2) is 7.30. The number of fused-ring (bicyclic) bond motifs is 1. The fourth-order valence-electron chi connectivity index (χ4n) is 2.63. The van der Waals surface area contributed by atoms with Gasteiger partial charge in [-0.1, -0.05) is 19.1 Å². The number of furan rings is 1. The van der Waals surface area contributed by atoms with E-state index in [4.69, 9.17) is 13.9 Å². The van der Waals surface area contributed by atoms with Gasteiger partial charge in [-0.3, -0.25) is 4.79 Å². The molecular weight excluding hydrogens is 318 g/mol. The van der Waals surface area contributed by atoms with Crippen LogP contribution in [0.5, 0.6) is 11.5 Å². The molecule has 1 aromatic heterocycles. The highest BCUT2D eigenvalue weighted by Crippen LogP contribution is 2.30. The molecule has 0 saturated heterocycles. The van der Waals surface area contributed by atoms with Crippen LogP contribution >= 0.6 is 0 Å². The third-order valence-corrected chi connectivity index (χ3v) is 3.95. The molecule has 0 spiro atoms. The Morgan fingerprint density at radius 3 is 2.76 bits per heavy atom. The van der Waals surface area contributed by atoms with E-state index in [1.165, 1.54) is 0 Å². The molecule has 1 amide bonds. The Bertz CT molecular complexity index is 898. The Morgan fingerprint density at radius 1 is 1.20 bits per heavy atom. The van der Waals surface area contributed by atoms with Gasteiger partial charge >= 0.3 is 0 Å². The van der Waals surface area contributed by atoms with Crippen molar-refractivity contribution in [3.63, 3.8) is 0 Å². The number of carbonyl (C=O) groups is 1. The van der Waals surface area contributed by atoms with Gasteiger partial charge in [0.25, 0.3) is 5.91 Å². The number of anilines is 1. The molecule has 0 saturated carbocycles. The fourth-order valence-corrected chi connectivity index (χ4v) is 2.63. The van der Waals surface area contributed by atoms with Crippen LogP contribution in [-0.2, 0) is 0 Å². The maximum absolute atomic E-state index is 12.7. The van der Waals surface area contributed by atoms with Gasteiger partial charge in [-0.05, 0) is 43.7 Å². The van der Waals surface area contributed by atoms with Crippen LogP contribution in [0.15, 0.2) is 46.9 Å². The lowest BCUT2D eigenvalue weighted by Crippen LogP contribution is -2.13. The summed E-state index contributed by atoms with van der Waals surface area (Å²) >= 11 is 0. The van der Waals surface area contributed by atoms with Crippen LogP contribution in [0, 0.1) is 6.92 Å². The number of methoxy groups -OCH3 is 1. The summed E-state index contributed by atoms with van der Waals surface area (Å²) in [5.41, 5.74) is 2.05. The molecule has 0 unspecified atom stereocenters. The Balaban J connectivity index is 1.89. The summed E-state index contributed by atoms with van der Waals surface area (Å²) in [4.78, 5) is 12.7. The lowest BCUT2D eigenvalue weighted by atomic mass is 10.1. The van der Waals surface area contributed by atoms with Gasteiger partial charge in [0, 0.05) is 10.9 Å². The summed E-state index contributed by atoms with van der Waals surface area (Å²) in [6, 6.07) is 12.8. The number of hydrogen-bond donors (Lipinski definition) is 1. The fraction of sp³-hybridized carbons (Fsp3) is 0.250. The molecule has 0 fully saturated rings. The van der Waals surface area contributed by atoms with Crippen LogP contribution in [0.1, 0.15) is 29.5 Å². The number of carbonyl (C=O) groups excluding carboxylic acids is 1. The summed E-state index contributed by atoms with van der Waals surface area (Å²) in [7, 11) is 1.61. The first-order valence-electron chi connectivity index (χ1n) is 8.24. The number of amides is 1. The maximum Gasteiger partial charge on any atom is 0.291 e. The van der Waals surface area contributed by atoms with Crippen LogP contribution in [-0.4, -0.2) is 19.6 Å². The molecule has 5 nitrogen and oxygen atoms in total. The molecule has 130 valence electrons. The van der Waals surface area contributed by atoms with E-state index in [-0.39, 0.29) is 11.7 Å². The van der Waals surface area contributed by atoms with E-state index in [0.29, 0.717) is 23.6 Å². The molecule has 0 aliphatic carbocycles. The number of benzene rings is 2. The van der Waals surface area contributed by atoms with Crippen molar-refractivity contribution in [1.82, 2.24) is 0 Å². The van der Waals surface area contributed by atoms with Crippen molar-refractivity contribution >= 4 is 22.6 Å². The number of para-hydroxylation sites is 2. The highest BCUT2D eigenvalue weighted by Gasteiger charge is 2.19. The van der Waals surface area contributed by atoms with Gasteiger partial charge in [0.2, 0.25) is 0 Å². The van der Waals surface area contributed by atoms with Gasteiger partial charge in [0.05, 0.1) is 19.4 Å². The van der Waals surface area contributed by atoms with Gasteiger partial charge in [0.1, 0.15) is 17.1 Å². The predicted molar refractivity (Wildman–Crippen MR) is 97.7 cm³/mol. The minimum absolute atomic E-state index is 0.286. The maximum atomic E-state index is 12.7. The van der Waals surface area contributed by atoms with Crippen molar-refractivity contribution in [3.8, 4) is 11.5 Å². The SMILES string of the molecule is CCCOc1ccccc1NC(=O)c1oc2ccc(OC)cc2c1C. The summed E-state index contributed by atoms with van der Waals surface area (Å²) in [6.45, 7) is 4.49. The minimum atomic E-state index is -0.305. The molecule has 1 N–H and O–H groups in total. The normalized spacial score (nSPS) is 10.7. The quantitative estimate of drug-likeness (QED) is 0.701. The summed E-state index contributed by atoms with van der Waals surface area (Å²) in [6.07, 6.45) is 0.896. The number of nitrogens with one attached hydrogen (secondary N) is 1. The van der Waals surface area contributed by atoms with E-state index in [0.717, 1.165) is 23.1 Å². The van der Waals surface area contributed by atoms with Crippen LogP contribution in [0.25, 0.3) is 11.0 Å². The zero-order valence-corrected chi connectivity index (χ0v) is 14.6.